The monoisotopic (exact) mass is 483 g/mol. The third-order valence-electron chi connectivity index (χ3n) is 5.44. The summed E-state index contributed by atoms with van der Waals surface area (Å²) in [5, 5.41) is 0. The van der Waals surface area contributed by atoms with E-state index in [2.05, 4.69) is 9.97 Å². The Morgan fingerprint density at radius 3 is 2.36 bits per heavy atom. The minimum absolute atomic E-state index is 0.194. The molecule has 0 saturated heterocycles. The Bertz CT molecular complexity index is 1290. The van der Waals surface area contributed by atoms with Gasteiger partial charge in [-0.05, 0) is 53.9 Å². The molecule has 7 nitrogen and oxygen atoms in total. The van der Waals surface area contributed by atoms with Crippen molar-refractivity contribution in [1.29, 1.82) is 0 Å². The molecule has 0 aliphatic heterocycles. The van der Waals surface area contributed by atoms with Gasteiger partial charge in [0.25, 0.3) is 0 Å². The lowest BCUT2D eigenvalue weighted by Crippen LogP contribution is -2.08. The summed E-state index contributed by atoms with van der Waals surface area (Å²) < 4.78 is 22.0. The molecule has 1 heterocycles. The first-order valence-electron chi connectivity index (χ1n) is 11.4. The van der Waals surface area contributed by atoms with E-state index in [1.165, 1.54) is 6.42 Å². The number of ether oxygens (including phenoxy) is 4. The first kappa shape index (κ1) is 24.7. The second-order valence-corrected chi connectivity index (χ2v) is 7.83. The fraction of sp³-hybridized carbons (Fsp3) is 0.172. The van der Waals surface area contributed by atoms with Crippen LogP contribution in [0.1, 0.15) is 16.8 Å². The fourth-order valence-electron chi connectivity index (χ4n) is 3.53. The van der Waals surface area contributed by atoms with Crippen molar-refractivity contribution in [3.05, 3.63) is 108 Å². The van der Waals surface area contributed by atoms with E-state index in [9.17, 15) is 4.79 Å². The van der Waals surface area contributed by atoms with Crippen molar-refractivity contribution in [3.63, 3.8) is 0 Å². The zero-order valence-electron chi connectivity index (χ0n) is 20.2. The van der Waals surface area contributed by atoms with Gasteiger partial charge in [0, 0.05) is 6.20 Å². The molecular formula is C29H27N2O5. The average molecular weight is 484 g/mol. The number of carbonyl (C=O) groups excluding carboxylic acids is 1. The first-order valence-corrected chi connectivity index (χ1v) is 11.4. The number of hydrogen-bond acceptors (Lipinski definition) is 7. The molecule has 1 radical (unpaired) electrons. The summed E-state index contributed by atoms with van der Waals surface area (Å²) >= 11 is 0. The van der Waals surface area contributed by atoms with Gasteiger partial charge in [-0.15, -0.1) is 0 Å². The van der Waals surface area contributed by atoms with Crippen LogP contribution < -0.4 is 14.2 Å². The molecule has 7 heteroatoms. The van der Waals surface area contributed by atoms with E-state index < -0.39 is 5.97 Å². The van der Waals surface area contributed by atoms with E-state index in [1.54, 1.807) is 20.4 Å². The van der Waals surface area contributed by atoms with E-state index in [-0.39, 0.29) is 13.2 Å². The molecule has 1 aromatic heterocycles. The van der Waals surface area contributed by atoms with Gasteiger partial charge in [0.05, 0.1) is 31.9 Å². The molecule has 0 saturated carbocycles. The molecule has 36 heavy (non-hydrogen) atoms. The van der Waals surface area contributed by atoms with Crippen LogP contribution in [0, 0.1) is 6.42 Å². The van der Waals surface area contributed by atoms with Gasteiger partial charge in [-0.3, -0.25) is 4.79 Å². The molecule has 0 aliphatic rings. The van der Waals surface area contributed by atoms with Crippen LogP contribution in [-0.2, 0) is 29.2 Å². The summed E-state index contributed by atoms with van der Waals surface area (Å²) in [5.41, 5.74) is 3.30. The highest BCUT2D eigenvalue weighted by atomic mass is 16.5. The summed E-state index contributed by atoms with van der Waals surface area (Å²) in [6.07, 6.45) is 3.59. The summed E-state index contributed by atoms with van der Waals surface area (Å²) in [6.45, 7) is 0.448. The number of benzene rings is 3. The number of carbonyl (C=O) groups is 1. The Morgan fingerprint density at radius 1 is 0.833 bits per heavy atom. The molecule has 0 atom stereocenters. The van der Waals surface area contributed by atoms with Crippen molar-refractivity contribution in [1.82, 2.24) is 9.97 Å². The highest BCUT2D eigenvalue weighted by Crippen LogP contribution is 2.27. The van der Waals surface area contributed by atoms with Crippen LogP contribution in [0.5, 0.6) is 17.2 Å². The lowest BCUT2D eigenvalue weighted by atomic mass is 10.1. The van der Waals surface area contributed by atoms with Crippen LogP contribution in [0.3, 0.4) is 0 Å². The molecule has 4 aromatic rings. The lowest BCUT2D eigenvalue weighted by molar-refractivity contribution is -0.140. The number of aromatic nitrogens is 2. The highest BCUT2D eigenvalue weighted by Gasteiger charge is 2.11. The van der Waals surface area contributed by atoms with Gasteiger partial charge in [-0.25, -0.2) is 9.97 Å². The van der Waals surface area contributed by atoms with E-state index in [1.807, 2.05) is 78.9 Å². The standard InChI is InChI=1S/C29H27N2O5/c1-33-24-14-11-21(12-15-24)19-36-28(32)16-13-22-7-3-5-9-26(22)35-20-23-17-18-30-29(31-23)25-8-4-6-10-27(25)34-2/h3-12,14-18H,13,19-20H2,1-2H3. The second-order valence-electron chi connectivity index (χ2n) is 7.83. The lowest BCUT2D eigenvalue weighted by Gasteiger charge is -2.12. The van der Waals surface area contributed by atoms with Gasteiger partial charge in [-0.1, -0.05) is 42.5 Å². The molecule has 3 aromatic carbocycles. The van der Waals surface area contributed by atoms with Gasteiger partial charge < -0.3 is 18.9 Å². The van der Waals surface area contributed by atoms with Gasteiger partial charge in [0.2, 0.25) is 0 Å². The minimum atomic E-state index is -0.391. The summed E-state index contributed by atoms with van der Waals surface area (Å²) in [4.78, 5) is 21.3. The van der Waals surface area contributed by atoms with Crippen LogP contribution >= 0.6 is 0 Å². The first-order chi connectivity index (χ1) is 17.7. The van der Waals surface area contributed by atoms with Crippen LogP contribution in [0.2, 0.25) is 0 Å². The summed E-state index contributed by atoms with van der Waals surface area (Å²) in [7, 11) is 3.23. The quantitative estimate of drug-likeness (QED) is 0.270. The van der Waals surface area contributed by atoms with Crippen molar-refractivity contribution in [3.8, 4) is 28.6 Å². The van der Waals surface area contributed by atoms with Crippen LogP contribution in [0.25, 0.3) is 11.4 Å². The molecular weight excluding hydrogens is 456 g/mol. The average Bonchev–Trinajstić information content (AvgIpc) is 2.94. The van der Waals surface area contributed by atoms with Gasteiger partial charge in [0.15, 0.2) is 5.82 Å². The van der Waals surface area contributed by atoms with Crippen LogP contribution in [0.4, 0.5) is 0 Å². The SMILES string of the molecule is COc1ccc(COC(=O)[CH]Cc2ccccc2OCc2ccnc(-c3ccccc3OC)n2)cc1. The van der Waals surface area contributed by atoms with Crippen molar-refractivity contribution < 1.29 is 23.7 Å². The maximum absolute atomic E-state index is 12.3. The molecule has 0 fully saturated rings. The van der Waals surface area contributed by atoms with Crippen molar-refractivity contribution in [2.75, 3.05) is 14.2 Å². The number of para-hydroxylation sites is 2. The zero-order valence-corrected chi connectivity index (χ0v) is 20.2. The number of esters is 1. The predicted molar refractivity (Wildman–Crippen MR) is 136 cm³/mol. The zero-order chi connectivity index (χ0) is 25.2. The van der Waals surface area contributed by atoms with E-state index in [4.69, 9.17) is 18.9 Å². The number of hydrogen-bond donors (Lipinski definition) is 0. The second kappa shape index (κ2) is 12.4. The summed E-state index contributed by atoms with van der Waals surface area (Å²) in [6, 6.07) is 24.4. The molecule has 0 aliphatic carbocycles. The fourth-order valence-corrected chi connectivity index (χ4v) is 3.53. The van der Waals surface area contributed by atoms with Crippen LogP contribution in [0.15, 0.2) is 85.1 Å². The Morgan fingerprint density at radius 2 is 1.58 bits per heavy atom. The van der Waals surface area contributed by atoms with Crippen LogP contribution in [-0.4, -0.2) is 30.2 Å². The molecule has 183 valence electrons. The molecule has 0 amide bonds. The Hall–Kier alpha value is -4.39. The highest BCUT2D eigenvalue weighted by molar-refractivity contribution is 5.79. The Labute approximate surface area is 210 Å². The topological polar surface area (TPSA) is 79.8 Å². The van der Waals surface area contributed by atoms with Gasteiger partial charge >= 0.3 is 5.97 Å². The number of rotatable bonds is 11. The third-order valence-corrected chi connectivity index (χ3v) is 5.44. The van der Waals surface area contributed by atoms with Gasteiger partial charge in [-0.2, -0.15) is 0 Å². The van der Waals surface area contributed by atoms with E-state index >= 15 is 0 Å². The normalized spacial score (nSPS) is 10.5. The molecule has 0 N–H and O–H groups in total. The summed E-state index contributed by atoms with van der Waals surface area (Å²) in [5.74, 6) is 2.31. The van der Waals surface area contributed by atoms with Crippen molar-refractivity contribution in [2.24, 2.45) is 0 Å². The Kier molecular flexibility index (Phi) is 8.48. The van der Waals surface area contributed by atoms with Crippen molar-refractivity contribution >= 4 is 5.97 Å². The van der Waals surface area contributed by atoms with Crippen molar-refractivity contribution in [2.45, 2.75) is 19.6 Å². The van der Waals surface area contributed by atoms with E-state index in [0.29, 0.717) is 23.7 Å². The number of methoxy groups -OCH3 is 2. The maximum Gasteiger partial charge on any atom is 0.310 e. The Balaban J connectivity index is 1.33. The molecule has 0 spiro atoms. The van der Waals surface area contributed by atoms with Gasteiger partial charge in [0.1, 0.15) is 30.5 Å². The minimum Gasteiger partial charge on any atom is -0.497 e. The maximum atomic E-state index is 12.3. The largest absolute Gasteiger partial charge is 0.497 e. The molecule has 4 rings (SSSR count). The molecule has 0 bridgehead atoms. The molecule has 0 unspecified atom stereocenters. The van der Waals surface area contributed by atoms with E-state index in [0.717, 1.165) is 28.1 Å². The number of nitrogens with zero attached hydrogens (tertiary/aromatic N) is 2. The predicted octanol–water partition coefficient (Wildman–Crippen LogP) is 5.23. The third kappa shape index (κ3) is 6.60. The smallest absolute Gasteiger partial charge is 0.310 e.